The average molecular weight is 332 g/mol. The summed E-state index contributed by atoms with van der Waals surface area (Å²) in [7, 11) is 0. The molecule has 3 N–H and O–H groups in total. The van der Waals surface area contributed by atoms with E-state index in [1.54, 1.807) is 13.0 Å². The molecular formula is C11H9BrClFN4. The lowest BCUT2D eigenvalue weighted by Crippen LogP contribution is -2.01. The van der Waals surface area contributed by atoms with Crippen LogP contribution in [0.1, 0.15) is 5.82 Å². The van der Waals surface area contributed by atoms with Crippen LogP contribution in [0.25, 0.3) is 0 Å². The first-order valence-corrected chi connectivity index (χ1v) is 6.15. The minimum Gasteiger partial charge on any atom is -0.384 e. The van der Waals surface area contributed by atoms with Crippen LogP contribution >= 0.6 is 27.5 Å². The lowest BCUT2D eigenvalue weighted by Gasteiger charge is -2.10. The first kappa shape index (κ1) is 13.0. The van der Waals surface area contributed by atoms with Gasteiger partial charge in [0.15, 0.2) is 0 Å². The first-order valence-electron chi connectivity index (χ1n) is 4.98. The van der Waals surface area contributed by atoms with Gasteiger partial charge in [-0.25, -0.2) is 14.4 Å². The molecule has 0 aliphatic carbocycles. The molecule has 1 aromatic carbocycles. The van der Waals surface area contributed by atoms with Crippen LogP contribution in [0.15, 0.2) is 22.7 Å². The summed E-state index contributed by atoms with van der Waals surface area (Å²) in [5.41, 5.74) is 6.14. The van der Waals surface area contributed by atoms with Crippen molar-refractivity contribution in [1.82, 2.24) is 9.97 Å². The van der Waals surface area contributed by atoms with Gasteiger partial charge in [0.25, 0.3) is 0 Å². The molecule has 0 saturated carbocycles. The molecule has 0 aliphatic heterocycles. The van der Waals surface area contributed by atoms with E-state index in [-0.39, 0.29) is 5.02 Å². The zero-order chi connectivity index (χ0) is 13.3. The number of aryl methyl sites for hydroxylation is 1. The van der Waals surface area contributed by atoms with E-state index in [2.05, 4.69) is 31.2 Å². The number of hydrogen-bond donors (Lipinski definition) is 2. The SMILES string of the molecule is Cc1nc(N)cc(Nc2c(Cl)cc(F)cc2Br)n1. The molecule has 0 aliphatic rings. The van der Waals surface area contributed by atoms with Gasteiger partial charge in [-0.15, -0.1) is 0 Å². The smallest absolute Gasteiger partial charge is 0.136 e. The number of nitrogens with two attached hydrogens (primary N) is 1. The Morgan fingerprint density at radius 1 is 1.33 bits per heavy atom. The highest BCUT2D eigenvalue weighted by Gasteiger charge is 2.09. The molecule has 0 unspecified atom stereocenters. The van der Waals surface area contributed by atoms with Crippen LogP contribution in [0, 0.1) is 12.7 Å². The molecular weight excluding hydrogens is 323 g/mol. The van der Waals surface area contributed by atoms with Gasteiger partial charge < -0.3 is 11.1 Å². The molecule has 7 heteroatoms. The van der Waals surface area contributed by atoms with E-state index in [9.17, 15) is 4.39 Å². The monoisotopic (exact) mass is 330 g/mol. The third kappa shape index (κ3) is 2.88. The number of benzene rings is 1. The second-order valence-corrected chi connectivity index (χ2v) is 4.86. The van der Waals surface area contributed by atoms with Crippen molar-refractivity contribution in [3.8, 4) is 0 Å². The van der Waals surface area contributed by atoms with Crippen molar-refractivity contribution in [2.75, 3.05) is 11.1 Å². The number of nitrogens with one attached hydrogen (secondary N) is 1. The van der Waals surface area contributed by atoms with Gasteiger partial charge in [0, 0.05) is 10.5 Å². The van der Waals surface area contributed by atoms with Crippen molar-refractivity contribution < 1.29 is 4.39 Å². The largest absolute Gasteiger partial charge is 0.384 e. The molecule has 0 spiro atoms. The summed E-state index contributed by atoms with van der Waals surface area (Å²) in [6.45, 7) is 1.73. The number of halogens is 3. The number of hydrogen-bond acceptors (Lipinski definition) is 4. The molecule has 4 nitrogen and oxygen atoms in total. The molecule has 2 aromatic rings. The molecule has 2 rings (SSSR count). The van der Waals surface area contributed by atoms with Gasteiger partial charge in [0.05, 0.1) is 10.7 Å². The Hall–Kier alpha value is -1.40. The lowest BCUT2D eigenvalue weighted by molar-refractivity contribution is 0.627. The van der Waals surface area contributed by atoms with Crippen LogP contribution < -0.4 is 11.1 Å². The van der Waals surface area contributed by atoms with Crippen molar-refractivity contribution in [2.24, 2.45) is 0 Å². The Balaban J connectivity index is 2.40. The van der Waals surface area contributed by atoms with Gasteiger partial charge in [-0.05, 0) is 35.0 Å². The summed E-state index contributed by atoms with van der Waals surface area (Å²) in [6.07, 6.45) is 0. The number of nitrogens with zero attached hydrogens (tertiary/aromatic N) is 2. The van der Waals surface area contributed by atoms with E-state index >= 15 is 0 Å². The highest BCUT2D eigenvalue weighted by atomic mass is 79.9. The molecule has 0 atom stereocenters. The van der Waals surface area contributed by atoms with Gasteiger partial charge in [0.1, 0.15) is 23.3 Å². The Labute approximate surface area is 117 Å². The summed E-state index contributed by atoms with van der Waals surface area (Å²) in [5.74, 6) is 0.955. The zero-order valence-corrected chi connectivity index (χ0v) is 11.7. The van der Waals surface area contributed by atoms with E-state index in [0.29, 0.717) is 27.6 Å². The average Bonchev–Trinajstić information content (AvgIpc) is 2.22. The van der Waals surface area contributed by atoms with Crippen LogP contribution in [0.4, 0.5) is 21.7 Å². The highest BCUT2D eigenvalue weighted by Crippen LogP contribution is 2.33. The van der Waals surface area contributed by atoms with E-state index in [4.69, 9.17) is 17.3 Å². The maximum Gasteiger partial charge on any atom is 0.136 e. The molecule has 94 valence electrons. The third-order valence-electron chi connectivity index (χ3n) is 2.12. The lowest BCUT2D eigenvalue weighted by atomic mass is 10.3. The fraction of sp³-hybridized carbons (Fsp3) is 0.0909. The quantitative estimate of drug-likeness (QED) is 0.881. The third-order valence-corrected chi connectivity index (χ3v) is 3.04. The van der Waals surface area contributed by atoms with E-state index in [1.807, 2.05) is 0 Å². The Kier molecular flexibility index (Phi) is 3.68. The molecule has 0 radical (unpaired) electrons. The molecule has 0 saturated heterocycles. The molecule has 1 aromatic heterocycles. The topological polar surface area (TPSA) is 63.8 Å². The molecule has 0 bridgehead atoms. The standard InChI is InChI=1S/C11H9BrClFN4/c1-5-16-9(15)4-10(17-5)18-11-7(12)2-6(14)3-8(11)13/h2-4H,1H3,(H3,15,16,17,18). The number of nitrogen functional groups attached to an aromatic ring is 1. The van der Waals surface area contributed by atoms with Crippen LogP contribution in [-0.2, 0) is 0 Å². The number of rotatable bonds is 2. The van der Waals surface area contributed by atoms with Crippen LogP contribution in [-0.4, -0.2) is 9.97 Å². The van der Waals surface area contributed by atoms with Gasteiger partial charge in [-0.1, -0.05) is 11.6 Å². The van der Waals surface area contributed by atoms with Gasteiger partial charge >= 0.3 is 0 Å². The van der Waals surface area contributed by atoms with Gasteiger partial charge in [-0.3, -0.25) is 0 Å². The predicted molar refractivity (Wildman–Crippen MR) is 73.6 cm³/mol. The Morgan fingerprint density at radius 2 is 2.06 bits per heavy atom. The minimum absolute atomic E-state index is 0.247. The van der Waals surface area contributed by atoms with Crippen molar-refractivity contribution in [3.05, 3.63) is 39.3 Å². The van der Waals surface area contributed by atoms with Crippen molar-refractivity contribution >= 4 is 44.9 Å². The number of aromatic nitrogens is 2. The van der Waals surface area contributed by atoms with Crippen molar-refractivity contribution in [3.63, 3.8) is 0 Å². The summed E-state index contributed by atoms with van der Waals surface area (Å²) in [4.78, 5) is 8.12. The summed E-state index contributed by atoms with van der Waals surface area (Å²) < 4.78 is 13.6. The van der Waals surface area contributed by atoms with Crippen molar-refractivity contribution in [1.29, 1.82) is 0 Å². The Bertz CT molecular complexity index is 562. The minimum atomic E-state index is -0.421. The Morgan fingerprint density at radius 3 is 2.67 bits per heavy atom. The predicted octanol–water partition coefficient (Wildman–Crippen LogP) is 3.67. The number of anilines is 3. The molecule has 0 fully saturated rings. The maximum atomic E-state index is 13.1. The van der Waals surface area contributed by atoms with Crippen LogP contribution in [0.3, 0.4) is 0 Å². The fourth-order valence-electron chi connectivity index (χ4n) is 1.44. The van der Waals surface area contributed by atoms with Gasteiger partial charge in [0.2, 0.25) is 0 Å². The second kappa shape index (κ2) is 5.07. The zero-order valence-electron chi connectivity index (χ0n) is 9.34. The van der Waals surface area contributed by atoms with Crippen molar-refractivity contribution in [2.45, 2.75) is 6.92 Å². The summed E-state index contributed by atoms with van der Waals surface area (Å²) in [6, 6.07) is 4.09. The summed E-state index contributed by atoms with van der Waals surface area (Å²) in [5, 5.41) is 3.22. The molecule has 18 heavy (non-hydrogen) atoms. The van der Waals surface area contributed by atoms with Crippen LogP contribution in [0.2, 0.25) is 5.02 Å². The highest BCUT2D eigenvalue weighted by molar-refractivity contribution is 9.10. The van der Waals surface area contributed by atoms with E-state index in [1.165, 1.54) is 12.1 Å². The first-order chi connectivity index (χ1) is 8.45. The van der Waals surface area contributed by atoms with Crippen LogP contribution in [0.5, 0.6) is 0 Å². The maximum absolute atomic E-state index is 13.1. The van der Waals surface area contributed by atoms with E-state index < -0.39 is 5.82 Å². The second-order valence-electron chi connectivity index (χ2n) is 3.59. The normalized spacial score (nSPS) is 10.4. The summed E-state index contributed by atoms with van der Waals surface area (Å²) >= 11 is 9.19. The molecule has 1 heterocycles. The van der Waals surface area contributed by atoms with Gasteiger partial charge in [-0.2, -0.15) is 0 Å². The molecule has 0 amide bonds. The fourth-order valence-corrected chi connectivity index (χ4v) is 2.34. The van der Waals surface area contributed by atoms with E-state index in [0.717, 1.165) is 0 Å².